The van der Waals surface area contributed by atoms with E-state index in [1.54, 1.807) is 0 Å². The molecule has 0 aliphatic heterocycles. The minimum atomic E-state index is -0.783. The zero-order valence-corrected chi connectivity index (χ0v) is 9.10. The van der Waals surface area contributed by atoms with E-state index in [9.17, 15) is 4.79 Å². The summed E-state index contributed by atoms with van der Waals surface area (Å²) in [6.07, 6.45) is 0. The van der Waals surface area contributed by atoms with Crippen LogP contribution in [0.3, 0.4) is 0 Å². The van der Waals surface area contributed by atoms with Gasteiger partial charge in [-0.05, 0) is 5.56 Å². The zero-order chi connectivity index (χ0) is 11.3. The predicted octanol–water partition coefficient (Wildman–Crippen LogP) is 1.85. The number of rotatable bonds is 5. The highest BCUT2D eigenvalue weighted by Crippen LogP contribution is 2.14. The molecule has 15 heavy (non-hydrogen) atoms. The topological polar surface area (TPSA) is 49.3 Å². The van der Waals surface area contributed by atoms with E-state index < -0.39 is 11.9 Å². The van der Waals surface area contributed by atoms with Crippen LogP contribution in [0.25, 0.3) is 0 Å². The molecule has 0 saturated heterocycles. The van der Waals surface area contributed by atoms with Gasteiger partial charge in [-0.15, -0.1) is 0 Å². The fourth-order valence-electron chi connectivity index (χ4n) is 1.39. The summed E-state index contributed by atoms with van der Waals surface area (Å²) in [5.41, 5.74) is 0.846. The average molecular weight is 207 g/mol. The summed E-state index contributed by atoms with van der Waals surface area (Å²) >= 11 is 0. The van der Waals surface area contributed by atoms with Crippen molar-refractivity contribution in [3.8, 4) is 0 Å². The Labute approximate surface area is 90.1 Å². The number of hydrogen-bond donors (Lipinski definition) is 2. The normalized spacial score (nSPS) is 12.7. The Bertz CT molecular complexity index is 309. The first-order chi connectivity index (χ1) is 7.11. The molecular formula is C12H17NO2. The second-order valence-corrected chi connectivity index (χ2v) is 3.86. The number of carboxylic acid groups (broad SMARTS) is 1. The Kier molecular flexibility index (Phi) is 4.31. The van der Waals surface area contributed by atoms with Gasteiger partial charge in [0.2, 0.25) is 0 Å². The van der Waals surface area contributed by atoms with Crippen molar-refractivity contribution in [1.29, 1.82) is 0 Å². The van der Waals surface area contributed by atoms with E-state index in [1.807, 2.05) is 44.2 Å². The summed E-state index contributed by atoms with van der Waals surface area (Å²) in [7, 11) is 0. The van der Waals surface area contributed by atoms with Crippen LogP contribution in [-0.4, -0.2) is 23.7 Å². The molecule has 1 rings (SSSR count). The molecule has 0 fully saturated rings. The van der Waals surface area contributed by atoms with Crippen LogP contribution >= 0.6 is 0 Å². The third-order valence-corrected chi connectivity index (χ3v) is 2.23. The van der Waals surface area contributed by atoms with Crippen LogP contribution in [0.1, 0.15) is 25.3 Å². The quantitative estimate of drug-likeness (QED) is 0.774. The molecule has 1 atom stereocenters. The number of benzene rings is 1. The van der Waals surface area contributed by atoms with Crippen molar-refractivity contribution in [2.24, 2.45) is 0 Å². The lowest BCUT2D eigenvalue weighted by Gasteiger charge is -2.15. The molecule has 82 valence electrons. The molecule has 0 radical (unpaired) electrons. The highest BCUT2D eigenvalue weighted by molar-refractivity contribution is 5.76. The van der Waals surface area contributed by atoms with Gasteiger partial charge in [0.15, 0.2) is 0 Å². The molecule has 2 N–H and O–H groups in total. The van der Waals surface area contributed by atoms with Crippen molar-refractivity contribution in [2.45, 2.75) is 25.8 Å². The third kappa shape index (κ3) is 3.72. The number of nitrogens with one attached hydrogen (secondary N) is 1. The monoisotopic (exact) mass is 207 g/mol. The molecule has 3 nitrogen and oxygen atoms in total. The van der Waals surface area contributed by atoms with Gasteiger partial charge in [0.25, 0.3) is 0 Å². The van der Waals surface area contributed by atoms with Gasteiger partial charge in [-0.3, -0.25) is 4.79 Å². The van der Waals surface area contributed by atoms with E-state index in [0.29, 0.717) is 12.6 Å². The minimum Gasteiger partial charge on any atom is -0.481 e. The van der Waals surface area contributed by atoms with Crippen molar-refractivity contribution in [3.63, 3.8) is 0 Å². The molecule has 0 aliphatic carbocycles. The second kappa shape index (κ2) is 5.51. The molecule has 1 aromatic carbocycles. The van der Waals surface area contributed by atoms with E-state index in [1.165, 1.54) is 0 Å². The Morgan fingerprint density at radius 1 is 1.33 bits per heavy atom. The Morgan fingerprint density at radius 3 is 2.40 bits per heavy atom. The first-order valence-corrected chi connectivity index (χ1v) is 5.12. The molecule has 1 aromatic rings. The molecule has 0 spiro atoms. The maximum atomic E-state index is 11.1. The largest absolute Gasteiger partial charge is 0.481 e. The van der Waals surface area contributed by atoms with Gasteiger partial charge in [0.05, 0.1) is 5.92 Å². The molecule has 0 aromatic heterocycles. The van der Waals surface area contributed by atoms with Crippen LogP contribution in [0.5, 0.6) is 0 Å². The zero-order valence-electron chi connectivity index (χ0n) is 9.10. The second-order valence-electron chi connectivity index (χ2n) is 3.86. The standard InChI is InChI=1S/C12H17NO2/c1-9(2)13-8-11(12(14)15)10-6-4-3-5-7-10/h3-7,9,11,13H,8H2,1-2H3,(H,14,15). The van der Waals surface area contributed by atoms with Gasteiger partial charge in [-0.2, -0.15) is 0 Å². The molecular weight excluding hydrogens is 190 g/mol. The van der Waals surface area contributed by atoms with E-state index in [-0.39, 0.29) is 0 Å². The molecule has 3 heteroatoms. The smallest absolute Gasteiger partial charge is 0.312 e. The van der Waals surface area contributed by atoms with Gasteiger partial charge in [-0.1, -0.05) is 44.2 Å². The molecule has 0 amide bonds. The molecule has 0 bridgehead atoms. The number of aliphatic carboxylic acids is 1. The number of carboxylic acids is 1. The molecule has 0 heterocycles. The van der Waals surface area contributed by atoms with Crippen LogP contribution < -0.4 is 5.32 Å². The van der Waals surface area contributed by atoms with Crippen LogP contribution in [0.2, 0.25) is 0 Å². The van der Waals surface area contributed by atoms with Crippen molar-refractivity contribution in [3.05, 3.63) is 35.9 Å². The maximum Gasteiger partial charge on any atom is 0.312 e. The Morgan fingerprint density at radius 2 is 1.93 bits per heavy atom. The van der Waals surface area contributed by atoms with Crippen molar-refractivity contribution in [2.75, 3.05) is 6.54 Å². The Balaban J connectivity index is 2.71. The minimum absolute atomic E-state index is 0.301. The predicted molar refractivity (Wildman–Crippen MR) is 60.0 cm³/mol. The van der Waals surface area contributed by atoms with Crippen LogP contribution in [0.15, 0.2) is 30.3 Å². The first kappa shape index (κ1) is 11.7. The fraction of sp³-hybridized carbons (Fsp3) is 0.417. The first-order valence-electron chi connectivity index (χ1n) is 5.12. The van der Waals surface area contributed by atoms with E-state index >= 15 is 0 Å². The summed E-state index contributed by atoms with van der Waals surface area (Å²) in [6, 6.07) is 9.61. The number of hydrogen-bond acceptors (Lipinski definition) is 2. The molecule has 1 unspecified atom stereocenters. The summed E-state index contributed by atoms with van der Waals surface area (Å²) in [6.45, 7) is 4.48. The lowest BCUT2D eigenvalue weighted by atomic mass is 9.99. The molecule has 0 aliphatic rings. The van der Waals surface area contributed by atoms with Gasteiger partial charge in [0, 0.05) is 12.6 Å². The van der Waals surface area contributed by atoms with Crippen molar-refractivity contribution < 1.29 is 9.90 Å². The van der Waals surface area contributed by atoms with Crippen LogP contribution in [0, 0.1) is 0 Å². The van der Waals surface area contributed by atoms with E-state index in [2.05, 4.69) is 5.32 Å². The highest BCUT2D eigenvalue weighted by Gasteiger charge is 2.19. The van der Waals surface area contributed by atoms with Gasteiger partial charge >= 0.3 is 5.97 Å². The lowest BCUT2D eigenvalue weighted by Crippen LogP contribution is -2.31. The highest BCUT2D eigenvalue weighted by atomic mass is 16.4. The number of carbonyl (C=O) groups is 1. The Hall–Kier alpha value is -1.35. The van der Waals surface area contributed by atoms with Gasteiger partial charge in [-0.25, -0.2) is 0 Å². The summed E-state index contributed by atoms with van der Waals surface area (Å²) < 4.78 is 0. The summed E-state index contributed by atoms with van der Waals surface area (Å²) in [5, 5.41) is 12.2. The SMILES string of the molecule is CC(C)NCC(C(=O)O)c1ccccc1. The van der Waals surface area contributed by atoms with Gasteiger partial charge < -0.3 is 10.4 Å². The molecule has 0 saturated carbocycles. The lowest BCUT2D eigenvalue weighted by molar-refractivity contribution is -0.138. The van der Waals surface area contributed by atoms with Crippen LogP contribution in [-0.2, 0) is 4.79 Å². The third-order valence-electron chi connectivity index (χ3n) is 2.23. The maximum absolute atomic E-state index is 11.1. The van der Waals surface area contributed by atoms with Gasteiger partial charge in [0.1, 0.15) is 0 Å². The van der Waals surface area contributed by atoms with Crippen molar-refractivity contribution in [1.82, 2.24) is 5.32 Å². The fourth-order valence-corrected chi connectivity index (χ4v) is 1.39. The van der Waals surface area contributed by atoms with Crippen molar-refractivity contribution >= 4 is 5.97 Å². The van der Waals surface area contributed by atoms with E-state index in [4.69, 9.17) is 5.11 Å². The summed E-state index contributed by atoms with van der Waals surface area (Å²) in [5.74, 6) is -1.25. The average Bonchev–Trinajstić information content (AvgIpc) is 2.18. The summed E-state index contributed by atoms with van der Waals surface area (Å²) in [4.78, 5) is 11.1. The van der Waals surface area contributed by atoms with E-state index in [0.717, 1.165) is 5.56 Å². The van der Waals surface area contributed by atoms with Crippen LogP contribution in [0.4, 0.5) is 0 Å².